The van der Waals surface area contributed by atoms with E-state index >= 15 is 0 Å². The van der Waals surface area contributed by atoms with Crippen LogP contribution in [0.15, 0.2) is 23.1 Å². The lowest BCUT2D eigenvalue weighted by Crippen LogP contribution is -2.30. The molecule has 1 aliphatic rings. The van der Waals surface area contributed by atoms with Crippen LogP contribution in [0.2, 0.25) is 0 Å². The number of rotatable bonds is 4. The zero-order valence-electron chi connectivity index (χ0n) is 13.2. The summed E-state index contributed by atoms with van der Waals surface area (Å²) in [7, 11) is -3.36. The number of aliphatic hydroxyl groups excluding tert-OH is 1. The van der Waals surface area contributed by atoms with E-state index < -0.39 is 15.9 Å². The summed E-state index contributed by atoms with van der Waals surface area (Å²) in [6, 6.07) is 4.76. The molecule has 0 bridgehead atoms. The number of β-amino-alcohol motifs (C(OH)–C–C–N with tert-alkyl or cyclic N) is 1. The number of benzene rings is 1. The average Bonchev–Trinajstić information content (AvgIpc) is 2.83. The van der Waals surface area contributed by atoms with Crippen LogP contribution in [0.3, 0.4) is 0 Å². The van der Waals surface area contributed by atoms with Gasteiger partial charge in [-0.05, 0) is 36.5 Å². The largest absolute Gasteiger partial charge is 0.391 e. The molecule has 1 fully saturated rings. The first-order valence-electron chi connectivity index (χ1n) is 7.49. The normalized spacial score (nSPS) is 19.0. The Kier molecular flexibility index (Phi) is 4.92. The highest BCUT2D eigenvalue weighted by molar-refractivity contribution is 7.90. The molecule has 0 radical (unpaired) electrons. The van der Waals surface area contributed by atoms with Crippen molar-refractivity contribution in [3.05, 3.63) is 29.3 Å². The Labute approximate surface area is 131 Å². The summed E-state index contributed by atoms with van der Waals surface area (Å²) in [5.41, 5.74) is 1.29. The fourth-order valence-corrected chi connectivity index (χ4v) is 3.35. The van der Waals surface area contributed by atoms with Gasteiger partial charge in [-0.1, -0.05) is 19.9 Å². The van der Waals surface area contributed by atoms with E-state index in [1.165, 1.54) is 6.07 Å². The third-order valence-corrected chi connectivity index (χ3v) is 4.93. The lowest BCUT2D eigenvalue weighted by atomic mass is 9.97. The van der Waals surface area contributed by atoms with E-state index in [9.17, 15) is 18.3 Å². The van der Waals surface area contributed by atoms with Crippen LogP contribution in [0.25, 0.3) is 0 Å². The molecule has 1 saturated heterocycles. The van der Waals surface area contributed by atoms with Gasteiger partial charge in [0.1, 0.15) is 0 Å². The minimum absolute atomic E-state index is 0.156. The van der Waals surface area contributed by atoms with Crippen LogP contribution in [0.5, 0.6) is 0 Å². The van der Waals surface area contributed by atoms with E-state index in [2.05, 4.69) is 13.8 Å². The highest BCUT2D eigenvalue weighted by Gasteiger charge is 2.27. The second-order valence-electron chi connectivity index (χ2n) is 6.38. The molecular formula is C16H23NO4S. The third-order valence-electron chi connectivity index (χ3n) is 3.82. The van der Waals surface area contributed by atoms with Crippen LogP contribution in [-0.2, 0) is 16.3 Å². The molecule has 0 saturated carbocycles. The number of likely N-dealkylation sites (tertiary alicyclic amines) is 1. The van der Waals surface area contributed by atoms with Gasteiger partial charge in [0.15, 0.2) is 9.84 Å². The van der Waals surface area contributed by atoms with Crippen molar-refractivity contribution >= 4 is 15.7 Å². The monoisotopic (exact) mass is 325 g/mol. The molecule has 1 amide bonds. The molecule has 1 atom stereocenters. The molecule has 6 heteroatoms. The summed E-state index contributed by atoms with van der Waals surface area (Å²) in [6.07, 6.45) is 1.92. The first-order chi connectivity index (χ1) is 10.2. The maximum atomic E-state index is 12.7. The van der Waals surface area contributed by atoms with Gasteiger partial charge in [-0.25, -0.2) is 8.42 Å². The van der Waals surface area contributed by atoms with E-state index in [0.717, 1.165) is 11.8 Å². The molecule has 1 unspecified atom stereocenters. The van der Waals surface area contributed by atoms with Gasteiger partial charge in [-0.2, -0.15) is 0 Å². The van der Waals surface area contributed by atoms with Gasteiger partial charge in [0.2, 0.25) is 0 Å². The molecular weight excluding hydrogens is 302 g/mol. The molecule has 1 aromatic rings. The first-order valence-corrected chi connectivity index (χ1v) is 9.38. The minimum Gasteiger partial charge on any atom is -0.391 e. The number of carbonyl (C=O) groups is 1. The van der Waals surface area contributed by atoms with Crippen LogP contribution in [-0.4, -0.2) is 49.8 Å². The summed E-state index contributed by atoms with van der Waals surface area (Å²) in [4.78, 5) is 14.4. The number of amides is 1. The van der Waals surface area contributed by atoms with Gasteiger partial charge < -0.3 is 10.0 Å². The number of sulfone groups is 1. The van der Waals surface area contributed by atoms with Crippen molar-refractivity contribution in [3.8, 4) is 0 Å². The third kappa shape index (κ3) is 3.87. The lowest BCUT2D eigenvalue weighted by molar-refractivity contribution is 0.0763. The fourth-order valence-electron chi connectivity index (χ4n) is 2.70. The predicted octanol–water partition coefficient (Wildman–Crippen LogP) is 1.50. The Bertz CT molecular complexity index is 667. The number of carbonyl (C=O) groups excluding carboxylic acids is 1. The van der Waals surface area contributed by atoms with Crippen molar-refractivity contribution in [2.75, 3.05) is 19.3 Å². The van der Waals surface area contributed by atoms with Crippen LogP contribution in [0, 0.1) is 5.92 Å². The van der Waals surface area contributed by atoms with Gasteiger partial charge in [0, 0.05) is 24.9 Å². The molecule has 2 rings (SSSR count). The molecule has 5 nitrogen and oxygen atoms in total. The highest BCUT2D eigenvalue weighted by atomic mass is 32.2. The quantitative estimate of drug-likeness (QED) is 0.910. The molecule has 122 valence electrons. The Hall–Kier alpha value is -1.40. The Balaban J connectivity index is 2.42. The number of hydrogen-bond acceptors (Lipinski definition) is 4. The predicted molar refractivity (Wildman–Crippen MR) is 84.6 cm³/mol. The molecule has 1 heterocycles. The van der Waals surface area contributed by atoms with Crippen LogP contribution in [0.4, 0.5) is 0 Å². The van der Waals surface area contributed by atoms with E-state index in [1.54, 1.807) is 17.0 Å². The lowest BCUT2D eigenvalue weighted by Gasteiger charge is -2.19. The second-order valence-corrected chi connectivity index (χ2v) is 8.40. The van der Waals surface area contributed by atoms with Crippen LogP contribution < -0.4 is 0 Å². The van der Waals surface area contributed by atoms with Gasteiger partial charge in [-0.3, -0.25) is 4.79 Å². The highest BCUT2D eigenvalue weighted by Crippen LogP contribution is 2.22. The molecule has 0 aliphatic carbocycles. The zero-order valence-corrected chi connectivity index (χ0v) is 14.1. The van der Waals surface area contributed by atoms with Crippen molar-refractivity contribution < 1.29 is 18.3 Å². The van der Waals surface area contributed by atoms with E-state index in [-0.39, 0.29) is 10.8 Å². The molecule has 0 aromatic heterocycles. The van der Waals surface area contributed by atoms with Gasteiger partial charge in [-0.15, -0.1) is 0 Å². The topological polar surface area (TPSA) is 74.7 Å². The van der Waals surface area contributed by atoms with Gasteiger partial charge in [0.05, 0.1) is 11.0 Å². The number of aliphatic hydroxyl groups is 1. The minimum atomic E-state index is -3.36. The first kappa shape index (κ1) is 17.0. The summed E-state index contributed by atoms with van der Waals surface area (Å²) in [5, 5.41) is 9.60. The van der Waals surface area contributed by atoms with Crippen molar-refractivity contribution in [1.29, 1.82) is 0 Å². The van der Waals surface area contributed by atoms with Crippen LogP contribution in [0.1, 0.15) is 36.2 Å². The Morgan fingerprint density at radius 2 is 2.09 bits per heavy atom. The standard InChI is InChI=1S/C16H23NO4S/c1-11(2)8-12-4-5-14(22(3,20)21)9-15(12)16(19)17-7-6-13(18)10-17/h4-5,9,11,13,18H,6-8,10H2,1-3H3. The van der Waals surface area contributed by atoms with Crippen molar-refractivity contribution in [2.24, 2.45) is 5.92 Å². The van der Waals surface area contributed by atoms with E-state index in [0.29, 0.717) is 37.4 Å². The van der Waals surface area contributed by atoms with Gasteiger partial charge in [0.25, 0.3) is 5.91 Å². The van der Waals surface area contributed by atoms with E-state index in [1.807, 2.05) is 0 Å². The summed E-state index contributed by atoms with van der Waals surface area (Å²) in [6.45, 7) is 4.92. The maximum absolute atomic E-state index is 12.7. The van der Waals surface area contributed by atoms with Crippen molar-refractivity contribution in [1.82, 2.24) is 4.90 Å². The number of hydrogen-bond donors (Lipinski definition) is 1. The molecule has 1 N–H and O–H groups in total. The SMILES string of the molecule is CC(C)Cc1ccc(S(C)(=O)=O)cc1C(=O)N1CCC(O)C1. The molecule has 0 spiro atoms. The maximum Gasteiger partial charge on any atom is 0.254 e. The number of nitrogens with zero attached hydrogens (tertiary/aromatic N) is 1. The Morgan fingerprint density at radius 1 is 1.41 bits per heavy atom. The molecule has 22 heavy (non-hydrogen) atoms. The van der Waals surface area contributed by atoms with E-state index in [4.69, 9.17) is 0 Å². The van der Waals surface area contributed by atoms with Gasteiger partial charge >= 0.3 is 0 Å². The molecule has 1 aromatic carbocycles. The summed E-state index contributed by atoms with van der Waals surface area (Å²) < 4.78 is 23.5. The fraction of sp³-hybridized carbons (Fsp3) is 0.562. The Morgan fingerprint density at radius 3 is 2.59 bits per heavy atom. The zero-order chi connectivity index (χ0) is 16.5. The summed E-state index contributed by atoms with van der Waals surface area (Å²) >= 11 is 0. The molecule has 1 aliphatic heterocycles. The van der Waals surface area contributed by atoms with Crippen molar-refractivity contribution in [3.63, 3.8) is 0 Å². The van der Waals surface area contributed by atoms with Crippen LogP contribution >= 0.6 is 0 Å². The summed E-state index contributed by atoms with van der Waals surface area (Å²) in [5.74, 6) is 0.164. The average molecular weight is 325 g/mol. The second kappa shape index (κ2) is 6.38. The van der Waals surface area contributed by atoms with Crippen molar-refractivity contribution in [2.45, 2.75) is 37.7 Å². The smallest absolute Gasteiger partial charge is 0.254 e.